The Balaban J connectivity index is 1.30. The number of carbonyl (C=O) groups is 1. The molecule has 0 bridgehead atoms. The smallest absolute Gasteiger partial charge is 0.406 e. The number of carbonyl (C=O) groups excluding carboxylic acids is 1. The molecule has 1 amide bonds. The molecule has 0 aliphatic carbocycles. The van der Waals surface area contributed by atoms with E-state index in [9.17, 15) is 18.0 Å². The predicted octanol–water partition coefficient (Wildman–Crippen LogP) is 4.77. The molecule has 1 fully saturated rings. The number of hydroxylamine groups is 3. The van der Waals surface area contributed by atoms with Gasteiger partial charge in [0.25, 0.3) is 0 Å². The Morgan fingerprint density at radius 1 is 1.09 bits per heavy atom. The van der Waals surface area contributed by atoms with E-state index >= 15 is 0 Å². The maximum atomic E-state index is 12.3. The fourth-order valence-electron chi connectivity index (χ4n) is 3.55. The average Bonchev–Trinajstić information content (AvgIpc) is 3.15. The molecule has 4 rings (SSSR count). The molecule has 0 unspecified atom stereocenters. The van der Waals surface area contributed by atoms with Gasteiger partial charge < -0.3 is 9.57 Å². The highest BCUT2D eigenvalue weighted by Gasteiger charge is 2.40. The lowest BCUT2D eigenvalue weighted by Gasteiger charge is -2.35. The molecular weight excluding hydrogens is 427 g/mol. The number of benzene rings is 2. The SMILES string of the molecule is Cc1ccc(NC(=O)ON2CCC3(C=C(c4ccc(OC(F)(F)F)cc4)NO3)CC2)cc1. The largest absolute Gasteiger partial charge is 0.573 e. The van der Waals surface area contributed by atoms with Crippen molar-refractivity contribution in [1.29, 1.82) is 0 Å². The second kappa shape index (κ2) is 8.71. The molecule has 0 atom stereocenters. The van der Waals surface area contributed by atoms with Crippen LogP contribution < -0.4 is 15.5 Å². The van der Waals surface area contributed by atoms with E-state index in [1.807, 2.05) is 25.1 Å². The topological polar surface area (TPSA) is 72.1 Å². The van der Waals surface area contributed by atoms with Crippen molar-refractivity contribution in [3.05, 3.63) is 65.7 Å². The van der Waals surface area contributed by atoms with Gasteiger partial charge in [-0.1, -0.05) is 17.7 Å². The lowest BCUT2D eigenvalue weighted by atomic mass is 9.91. The second-order valence-corrected chi connectivity index (χ2v) is 7.70. The number of piperidine rings is 1. The van der Waals surface area contributed by atoms with Crippen LogP contribution in [0.15, 0.2) is 54.6 Å². The zero-order chi connectivity index (χ0) is 22.8. The van der Waals surface area contributed by atoms with Crippen LogP contribution in [0.2, 0.25) is 0 Å². The molecule has 2 N–H and O–H groups in total. The van der Waals surface area contributed by atoms with Crippen molar-refractivity contribution in [3.63, 3.8) is 0 Å². The molecule has 0 aromatic heterocycles. The summed E-state index contributed by atoms with van der Waals surface area (Å²) in [6.07, 6.45) is -2.25. The Hall–Kier alpha value is -3.24. The van der Waals surface area contributed by atoms with Crippen molar-refractivity contribution in [2.24, 2.45) is 0 Å². The zero-order valence-corrected chi connectivity index (χ0v) is 17.2. The van der Waals surface area contributed by atoms with E-state index in [1.54, 1.807) is 17.2 Å². The summed E-state index contributed by atoms with van der Waals surface area (Å²) >= 11 is 0. The first-order valence-electron chi connectivity index (χ1n) is 10.0. The molecule has 2 heterocycles. The van der Waals surface area contributed by atoms with E-state index in [4.69, 9.17) is 9.68 Å². The molecule has 1 saturated heterocycles. The van der Waals surface area contributed by atoms with E-state index in [0.29, 0.717) is 42.9 Å². The molecule has 1 spiro atoms. The van der Waals surface area contributed by atoms with Crippen molar-refractivity contribution in [2.75, 3.05) is 18.4 Å². The minimum absolute atomic E-state index is 0.287. The van der Waals surface area contributed by atoms with Gasteiger partial charge in [0.15, 0.2) is 0 Å². The van der Waals surface area contributed by atoms with Crippen LogP contribution in [0.25, 0.3) is 5.70 Å². The molecule has 32 heavy (non-hydrogen) atoms. The highest BCUT2D eigenvalue weighted by molar-refractivity contribution is 5.84. The Labute approximate surface area is 182 Å². The van der Waals surface area contributed by atoms with Gasteiger partial charge in [-0.2, -0.15) is 0 Å². The van der Waals surface area contributed by atoms with Crippen molar-refractivity contribution in [1.82, 2.24) is 10.5 Å². The number of halogens is 3. The van der Waals surface area contributed by atoms with Crippen LogP contribution >= 0.6 is 0 Å². The summed E-state index contributed by atoms with van der Waals surface area (Å²) < 4.78 is 40.8. The molecule has 0 radical (unpaired) electrons. The highest BCUT2D eigenvalue weighted by atomic mass is 19.4. The average molecular weight is 449 g/mol. The van der Waals surface area contributed by atoms with E-state index in [0.717, 1.165) is 5.56 Å². The number of amides is 1. The summed E-state index contributed by atoms with van der Waals surface area (Å²) in [7, 11) is 0. The second-order valence-electron chi connectivity index (χ2n) is 7.70. The molecule has 170 valence electrons. The Morgan fingerprint density at radius 2 is 1.75 bits per heavy atom. The third-order valence-corrected chi connectivity index (χ3v) is 5.25. The molecule has 2 aliphatic rings. The third kappa shape index (κ3) is 5.51. The number of ether oxygens (including phenoxy) is 1. The molecule has 2 aliphatic heterocycles. The molecular formula is C22H22F3N3O4. The number of nitrogens with one attached hydrogen (secondary N) is 2. The highest BCUT2D eigenvalue weighted by Crippen LogP contribution is 2.35. The first-order valence-corrected chi connectivity index (χ1v) is 10.0. The van der Waals surface area contributed by atoms with Crippen LogP contribution in [0, 0.1) is 6.92 Å². The van der Waals surface area contributed by atoms with Crippen molar-refractivity contribution in [3.8, 4) is 5.75 Å². The van der Waals surface area contributed by atoms with Gasteiger partial charge in [0.2, 0.25) is 0 Å². The van der Waals surface area contributed by atoms with Crippen LogP contribution in [-0.4, -0.2) is 36.2 Å². The van der Waals surface area contributed by atoms with Gasteiger partial charge >= 0.3 is 12.5 Å². The minimum Gasteiger partial charge on any atom is -0.406 e. The number of hydrogen-bond donors (Lipinski definition) is 2. The summed E-state index contributed by atoms with van der Waals surface area (Å²) in [5, 5.41) is 4.26. The minimum atomic E-state index is -4.73. The maximum absolute atomic E-state index is 12.3. The van der Waals surface area contributed by atoms with Crippen molar-refractivity contribution in [2.45, 2.75) is 31.7 Å². The quantitative estimate of drug-likeness (QED) is 0.701. The molecule has 10 heteroatoms. The number of hydrogen-bond acceptors (Lipinski definition) is 6. The van der Waals surface area contributed by atoms with Gasteiger partial charge in [0.1, 0.15) is 11.4 Å². The van der Waals surface area contributed by atoms with Crippen LogP contribution in [-0.2, 0) is 9.68 Å². The van der Waals surface area contributed by atoms with Gasteiger partial charge in [-0.25, -0.2) is 4.79 Å². The maximum Gasteiger partial charge on any atom is 0.573 e. The van der Waals surface area contributed by atoms with E-state index in [-0.39, 0.29) is 5.75 Å². The van der Waals surface area contributed by atoms with Crippen molar-refractivity contribution < 1.29 is 32.4 Å². The first-order chi connectivity index (χ1) is 15.2. The molecule has 2 aromatic carbocycles. The predicted molar refractivity (Wildman–Crippen MR) is 110 cm³/mol. The molecule has 7 nitrogen and oxygen atoms in total. The summed E-state index contributed by atoms with van der Waals surface area (Å²) in [6, 6.07) is 12.9. The van der Waals surface area contributed by atoms with Crippen LogP contribution in [0.1, 0.15) is 24.0 Å². The fourth-order valence-corrected chi connectivity index (χ4v) is 3.55. The van der Waals surface area contributed by atoms with E-state index in [2.05, 4.69) is 15.5 Å². The van der Waals surface area contributed by atoms with Crippen LogP contribution in [0.5, 0.6) is 5.75 Å². The van der Waals surface area contributed by atoms with Gasteiger partial charge in [-0.05, 0) is 67.8 Å². The summed E-state index contributed by atoms with van der Waals surface area (Å²) in [4.78, 5) is 23.3. The third-order valence-electron chi connectivity index (χ3n) is 5.25. The normalized spacial score (nSPS) is 18.1. The lowest BCUT2D eigenvalue weighted by molar-refractivity contribution is -0.274. The number of anilines is 1. The summed E-state index contributed by atoms with van der Waals surface area (Å²) in [6.45, 7) is 2.89. The molecule has 2 aromatic rings. The van der Waals surface area contributed by atoms with Gasteiger partial charge in [0.05, 0.1) is 5.70 Å². The lowest BCUT2D eigenvalue weighted by Crippen LogP contribution is -2.45. The number of rotatable bonds is 4. The monoisotopic (exact) mass is 449 g/mol. The zero-order valence-electron chi connectivity index (χ0n) is 17.2. The van der Waals surface area contributed by atoms with E-state index < -0.39 is 18.1 Å². The fraction of sp³-hybridized carbons (Fsp3) is 0.318. The van der Waals surface area contributed by atoms with Crippen molar-refractivity contribution >= 4 is 17.5 Å². The Kier molecular flexibility index (Phi) is 5.98. The van der Waals surface area contributed by atoms with Gasteiger partial charge in [0, 0.05) is 18.8 Å². The van der Waals surface area contributed by atoms with Crippen LogP contribution in [0.4, 0.5) is 23.7 Å². The van der Waals surface area contributed by atoms with Gasteiger partial charge in [-0.15, -0.1) is 18.2 Å². The number of nitrogens with zero attached hydrogens (tertiary/aromatic N) is 1. The van der Waals surface area contributed by atoms with E-state index in [1.165, 1.54) is 24.3 Å². The number of alkyl halides is 3. The standard InChI is InChI=1S/C22H22F3N3O4/c1-15-2-6-17(7-3-15)26-20(29)31-28-12-10-21(11-13-28)14-19(27-32-21)16-4-8-18(9-5-16)30-22(23,24)25/h2-9,14,27H,10-13H2,1H3,(H,26,29). The number of aryl methyl sites for hydroxylation is 1. The summed E-state index contributed by atoms with van der Waals surface area (Å²) in [5.74, 6) is -0.287. The van der Waals surface area contributed by atoms with Crippen LogP contribution in [0.3, 0.4) is 0 Å². The molecule has 0 saturated carbocycles. The van der Waals surface area contributed by atoms with Gasteiger partial charge in [-0.3, -0.25) is 15.6 Å². The Morgan fingerprint density at radius 3 is 2.38 bits per heavy atom. The Bertz CT molecular complexity index is 983. The first kappa shape index (κ1) is 22.0. The summed E-state index contributed by atoms with van der Waals surface area (Å²) in [5.41, 5.74) is 5.35.